The van der Waals surface area contributed by atoms with Gasteiger partial charge in [-0.2, -0.15) is 8.42 Å². The number of hydrogen-bond acceptors (Lipinski definition) is 5. The highest BCUT2D eigenvalue weighted by atomic mass is 32.2. The number of carbonyl (C=O) groups is 1. The van der Waals surface area contributed by atoms with E-state index in [1.165, 1.54) is 17.5 Å². The lowest BCUT2D eigenvalue weighted by atomic mass is 10.4. The molecule has 6 nitrogen and oxygen atoms in total. The number of aromatic nitrogens is 1. The lowest BCUT2D eigenvalue weighted by molar-refractivity contribution is 0.0703. The van der Waals surface area contributed by atoms with Gasteiger partial charge in [0, 0.05) is 6.20 Å². The molecule has 0 unspecified atom stereocenters. The van der Waals surface area contributed by atoms with Crippen molar-refractivity contribution >= 4 is 33.0 Å². The van der Waals surface area contributed by atoms with Crippen LogP contribution >= 0.6 is 11.3 Å². The minimum absolute atomic E-state index is 0.123. The molecule has 0 atom stereocenters. The van der Waals surface area contributed by atoms with Gasteiger partial charge < -0.3 is 5.11 Å². The van der Waals surface area contributed by atoms with Crippen molar-refractivity contribution in [2.75, 3.05) is 4.72 Å². The minimum Gasteiger partial charge on any atom is -0.477 e. The second kappa shape index (κ2) is 4.94. The standard InChI is InChI=1S/C10H7FN2O4S2/c11-6-2-1-4-12-9(6)19(16,17)13-7-3-5-18-8(7)10(14)15/h1-5,13H,(H,14,15). The molecular weight excluding hydrogens is 295 g/mol. The fourth-order valence-electron chi connectivity index (χ4n) is 1.32. The van der Waals surface area contributed by atoms with Gasteiger partial charge in [-0.05, 0) is 23.6 Å². The zero-order valence-corrected chi connectivity index (χ0v) is 10.8. The molecule has 2 heterocycles. The number of pyridine rings is 1. The molecule has 0 fully saturated rings. The van der Waals surface area contributed by atoms with Crippen LogP contribution in [-0.4, -0.2) is 24.5 Å². The zero-order valence-electron chi connectivity index (χ0n) is 9.20. The van der Waals surface area contributed by atoms with Crippen molar-refractivity contribution in [1.82, 2.24) is 4.98 Å². The third kappa shape index (κ3) is 2.71. The Balaban J connectivity index is 2.40. The summed E-state index contributed by atoms with van der Waals surface area (Å²) in [5, 5.41) is 9.50. The van der Waals surface area contributed by atoms with E-state index in [2.05, 4.69) is 4.98 Å². The van der Waals surface area contributed by atoms with Crippen molar-refractivity contribution in [1.29, 1.82) is 0 Å². The average Bonchev–Trinajstić information content (AvgIpc) is 2.76. The number of anilines is 1. The molecule has 0 aliphatic carbocycles. The second-order valence-corrected chi connectivity index (χ2v) is 5.88. The Hall–Kier alpha value is -2.00. The van der Waals surface area contributed by atoms with Gasteiger partial charge in [0.15, 0.2) is 5.82 Å². The van der Waals surface area contributed by atoms with E-state index < -0.39 is 26.8 Å². The molecule has 0 aliphatic heterocycles. The van der Waals surface area contributed by atoms with Gasteiger partial charge in [-0.25, -0.2) is 14.2 Å². The molecule has 0 spiro atoms. The van der Waals surface area contributed by atoms with Gasteiger partial charge in [0.05, 0.1) is 5.69 Å². The first-order valence-electron chi connectivity index (χ1n) is 4.86. The zero-order chi connectivity index (χ0) is 14.0. The molecule has 0 radical (unpaired) electrons. The summed E-state index contributed by atoms with van der Waals surface area (Å²) in [6.45, 7) is 0. The number of thiophene rings is 1. The molecule has 0 aliphatic rings. The summed E-state index contributed by atoms with van der Waals surface area (Å²) in [5.41, 5.74) is -0.123. The summed E-state index contributed by atoms with van der Waals surface area (Å²) >= 11 is 0.857. The van der Waals surface area contributed by atoms with Gasteiger partial charge in [0.1, 0.15) is 4.88 Å². The summed E-state index contributed by atoms with van der Waals surface area (Å²) in [4.78, 5) is 14.1. The maximum Gasteiger partial charge on any atom is 0.348 e. The number of carboxylic acids is 1. The molecule has 100 valence electrons. The van der Waals surface area contributed by atoms with Crippen LogP contribution in [0.4, 0.5) is 10.1 Å². The van der Waals surface area contributed by atoms with Gasteiger partial charge in [0.25, 0.3) is 10.0 Å². The van der Waals surface area contributed by atoms with Crippen molar-refractivity contribution < 1.29 is 22.7 Å². The first kappa shape index (κ1) is 13.4. The monoisotopic (exact) mass is 302 g/mol. The highest BCUT2D eigenvalue weighted by molar-refractivity contribution is 7.92. The molecular formula is C10H7FN2O4S2. The number of hydrogen-bond donors (Lipinski definition) is 2. The van der Waals surface area contributed by atoms with Gasteiger partial charge in [-0.15, -0.1) is 11.3 Å². The predicted molar refractivity (Wildman–Crippen MR) is 66.3 cm³/mol. The van der Waals surface area contributed by atoms with Crippen LogP contribution in [0.1, 0.15) is 9.67 Å². The first-order chi connectivity index (χ1) is 8.92. The van der Waals surface area contributed by atoms with Gasteiger partial charge in [0.2, 0.25) is 5.03 Å². The van der Waals surface area contributed by atoms with Gasteiger partial charge >= 0.3 is 5.97 Å². The van der Waals surface area contributed by atoms with Gasteiger partial charge in [-0.3, -0.25) is 4.72 Å². The molecule has 0 saturated carbocycles. The third-order valence-corrected chi connectivity index (χ3v) is 4.28. The summed E-state index contributed by atoms with van der Waals surface area (Å²) < 4.78 is 39.2. The van der Waals surface area contributed by atoms with Gasteiger partial charge in [-0.1, -0.05) is 0 Å². The van der Waals surface area contributed by atoms with Crippen LogP contribution in [0.2, 0.25) is 0 Å². The van der Waals surface area contributed by atoms with Crippen LogP contribution in [0, 0.1) is 5.82 Å². The topological polar surface area (TPSA) is 96.4 Å². The number of aromatic carboxylic acids is 1. The van der Waals surface area contributed by atoms with E-state index in [4.69, 9.17) is 5.11 Å². The van der Waals surface area contributed by atoms with Crippen molar-refractivity contribution in [2.45, 2.75) is 5.03 Å². The number of carboxylic acid groups (broad SMARTS) is 1. The van der Waals surface area contributed by atoms with Crippen LogP contribution in [-0.2, 0) is 10.0 Å². The first-order valence-corrected chi connectivity index (χ1v) is 7.22. The maximum absolute atomic E-state index is 13.4. The SMILES string of the molecule is O=C(O)c1sccc1NS(=O)(=O)c1ncccc1F. The summed E-state index contributed by atoms with van der Waals surface area (Å²) in [6, 6.07) is 3.49. The number of halogens is 1. The lowest BCUT2D eigenvalue weighted by Crippen LogP contribution is -2.17. The molecule has 0 saturated heterocycles. The molecule has 2 N–H and O–H groups in total. The largest absolute Gasteiger partial charge is 0.477 e. The molecule has 2 aromatic rings. The lowest BCUT2D eigenvalue weighted by Gasteiger charge is -2.07. The van der Waals surface area contributed by atoms with Crippen LogP contribution in [0.3, 0.4) is 0 Å². The van der Waals surface area contributed by atoms with Crippen molar-refractivity contribution in [3.05, 3.63) is 40.5 Å². The van der Waals surface area contributed by atoms with E-state index in [9.17, 15) is 17.6 Å². The quantitative estimate of drug-likeness (QED) is 0.897. The Labute approximate surface area is 111 Å². The van der Waals surface area contributed by atoms with Crippen molar-refractivity contribution in [3.63, 3.8) is 0 Å². The fourth-order valence-corrected chi connectivity index (χ4v) is 3.15. The number of sulfonamides is 1. The molecule has 2 aromatic heterocycles. The molecule has 9 heteroatoms. The molecule has 0 aromatic carbocycles. The Morgan fingerprint density at radius 3 is 2.79 bits per heavy atom. The summed E-state index contributed by atoms with van der Waals surface area (Å²) in [6.07, 6.45) is 1.13. The Kier molecular flexibility index (Phi) is 3.49. The van der Waals surface area contributed by atoms with E-state index in [0.717, 1.165) is 23.6 Å². The van der Waals surface area contributed by atoms with E-state index in [-0.39, 0.29) is 10.6 Å². The number of rotatable bonds is 4. The smallest absolute Gasteiger partial charge is 0.348 e. The van der Waals surface area contributed by atoms with Crippen LogP contribution < -0.4 is 4.72 Å². The predicted octanol–water partition coefficient (Wildman–Crippen LogP) is 1.78. The third-order valence-electron chi connectivity index (χ3n) is 2.08. The molecule has 2 rings (SSSR count). The second-order valence-electron chi connectivity index (χ2n) is 3.36. The average molecular weight is 302 g/mol. The maximum atomic E-state index is 13.4. The van der Waals surface area contributed by atoms with E-state index in [1.807, 2.05) is 4.72 Å². The Morgan fingerprint density at radius 1 is 1.42 bits per heavy atom. The minimum atomic E-state index is -4.26. The van der Waals surface area contributed by atoms with E-state index >= 15 is 0 Å². The van der Waals surface area contributed by atoms with Crippen molar-refractivity contribution in [2.24, 2.45) is 0 Å². The highest BCUT2D eigenvalue weighted by Gasteiger charge is 2.23. The number of nitrogens with zero attached hydrogens (tertiary/aromatic N) is 1. The van der Waals surface area contributed by atoms with Crippen molar-refractivity contribution in [3.8, 4) is 0 Å². The molecule has 0 amide bonds. The van der Waals surface area contributed by atoms with Crippen LogP contribution in [0.5, 0.6) is 0 Å². The van der Waals surface area contributed by atoms with E-state index in [1.54, 1.807) is 0 Å². The highest BCUT2D eigenvalue weighted by Crippen LogP contribution is 2.25. The summed E-state index contributed by atoms with van der Waals surface area (Å²) in [7, 11) is -4.26. The fraction of sp³-hybridized carbons (Fsp3) is 0. The summed E-state index contributed by atoms with van der Waals surface area (Å²) in [5.74, 6) is -2.28. The van der Waals surface area contributed by atoms with Crippen LogP contribution in [0.25, 0.3) is 0 Å². The Bertz CT molecular complexity index is 727. The Morgan fingerprint density at radius 2 is 2.16 bits per heavy atom. The normalized spacial score (nSPS) is 11.2. The molecule has 0 bridgehead atoms. The van der Waals surface area contributed by atoms with E-state index in [0.29, 0.717) is 0 Å². The van der Waals surface area contributed by atoms with Crippen LogP contribution in [0.15, 0.2) is 34.8 Å². The number of nitrogens with one attached hydrogen (secondary N) is 1. The molecule has 19 heavy (non-hydrogen) atoms.